The lowest BCUT2D eigenvalue weighted by Crippen LogP contribution is -2.31. The fourth-order valence-corrected chi connectivity index (χ4v) is 4.38. The third kappa shape index (κ3) is 4.78. The van der Waals surface area contributed by atoms with Crippen LogP contribution in [0.2, 0.25) is 0 Å². The van der Waals surface area contributed by atoms with Gasteiger partial charge < -0.3 is 10.3 Å². The molecule has 2 rings (SSSR count). The van der Waals surface area contributed by atoms with Crippen molar-refractivity contribution in [3.8, 4) is 0 Å². The van der Waals surface area contributed by atoms with E-state index in [1.807, 2.05) is 38.1 Å². The summed E-state index contributed by atoms with van der Waals surface area (Å²) in [6, 6.07) is 8.91. The van der Waals surface area contributed by atoms with Gasteiger partial charge in [-0.2, -0.15) is 0 Å². The quantitative estimate of drug-likeness (QED) is 0.792. The van der Waals surface area contributed by atoms with Crippen molar-refractivity contribution in [2.45, 2.75) is 51.0 Å². The van der Waals surface area contributed by atoms with Crippen molar-refractivity contribution >= 4 is 15.9 Å². The van der Waals surface area contributed by atoms with Crippen LogP contribution in [0.4, 0.5) is 0 Å². The average molecular weight is 392 g/mol. The summed E-state index contributed by atoms with van der Waals surface area (Å²) in [6.45, 7) is 10.3. The van der Waals surface area contributed by atoms with Gasteiger partial charge in [-0.05, 0) is 28.5 Å². The van der Waals surface area contributed by atoms with Crippen molar-refractivity contribution in [3.63, 3.8) is 0 Å². The SMILES string of the molecule is CC(C)C(NS(=O)(=O)c1cc(C(N)=O)n(C)c1)c1ccc(C(C)(C)C)cc1. The van der Waals surface area contributed by atoms with E-state index < -0.39 is 15.9 Å². The van der Waals surface area contributed by atoms with Crippen molar-refractivity contribution in [1.29, 1.82) is 0 Å². The highest BCUT2D eigenvalue weighted by Crippen LogP contribution is 2.28. The fourth-order valence-electron chi connectivity index (χ4n) is 2.94. The number of sulfonamides is 1. The van der Waals surface area contributed by atoms with Crippen molar-refractivity contribution in [1.82, 2.24) is 9.29 Å². The first-order valence-corrected chi connectivity index (χ1v) is 10.4. The second-order valence-electron chi connectivity index (χ2n) is 8.25. The van der Waals surface area contributed by atoms with E-state index in [-0.39, 0.29) is 28.0 Å². The highest BCUT2D eigenvalue weighted by Gasteiger charge is 2.26. The molecule has 0 aliphatic rings. The zero-order chi connectivity index (χ0) is 20.6. The van der Waals surface area contributed by atoms with Crippen LogP contribution >= 0.6 is 0 Å². The van der Waals surface area contributed by atoms with Crippen LogP contribution < -0.4 is 10.5 Å². The summed E-state index contributed by atoms with van der Waals surface area (Å²) >= 11 is 0. The Hall–Kier alpha value is -2.12. The molecule has 1 aromatic carbocycles. The number of hydrogen-bond donors (Lipinski definition) is 2. The standard InChI is InChI=1S/C20H29N3O3S/c1-13(2)18(14-7-9-15(10-8-14)20(3,4)5)22-27(25,26)16-11-17(19(21)24)23(6)12-16/h7-13,18,22H,1-6H3,(H2,21,24). The van der Waals surface area contributed by atoms with Crippen molar-refractivity contribution in [3.05, 3.63) is 53.3 Å². The molecule has 0 radical (unpaired) electrons. The third-order valence-corrected chi connectivity index (χ3v) is 6.04. The number of carbonyl (C=O) groups excluding carboxylic acids is 1. The number of aromatic nitrogens is 1. The average Bonchev–Trinajstić information content (AvgIpc) is 2.95. The minimum absolute atomic E-state index is 0.0239. The van der Waals surface area contributed by atoms with Gasteiger partial charge in [0.2, 0.25) is 10.0 Å². The lowest BCUT2D eigenvalue weighted by atomic mass is 9.85. The fraction of sp³-hybridized carbons (Fsp3) is 0.450. The van der Waals surface area contributed by atoms with Gasteiger partial charge >= 0.3 is 0 Å². The van der Waals surface area contributed by atoms with Crippen LogP contribution in [0, 0.1) is 5.92 Å². The molecule has 0 spiro atoms. The number of nitrogens with zero attached hydrogens (tertiary/aromatic N) is 1. The van der Waals surface area contributed by atoms with Crippen LogP contribution in [0.3, 0.4) is 0 Å². The first kappa shape index (κ1) is 21.2. The zero-order valence-electron chi connectivity index (χ0n) is 16.8. The van der Waals surface area contributed by atoms with Gasteiger partial charge in [0, 0.05) is 19.3 Å². The Balaban J connectivity index is 2.35. The summed E-state index contributed by atoms with van der Waals surface area (Å²) in [7, 11) is -2.22. The number of nitrogens with two attached hydrogens (primary N) is 1. The molecule has 2 aromatic rings. The molecule has 1 unspecified atom stereocenters. The van der Waals surface area contributed by atoms with Crippen LogP contribution in [0.15, 0.2) is 41.4 Å². The molecule has 3 N–H and O–H groups in total. The summed E-state index contributed by atoms with van der Waals surface area (Å²) < 4.78 is 29.9. The molecule has 0 saturated carbocycles. The Kier molecular flexibility index (Phi) is 5.87. The first-order chi connectivity index (χ1) is 12.3. The molecular formula is C20H29N3O3S. The van der Waals surface area contributed by atoms with E-state index >= 15 is 0 Å². The first-order valence-electron chi connectivity index (χ1n) is 8.92. The molecule has 27 heavy (non-hydrogen) atoms. The lowest BCUT2D eigenvalue weighted by molar-refractivity contribution is 0.0992. The van der Waals surface area contributed by atoms with Crippen LogP contribution in [0.1, 0.15) is 62.3 Å². The van der Waals surface area contributed by atoms with Crippen molar-refractivity contribution in [2.24, 2.45) is 18.7 Å². The summed E-state index contributed by atoms with van der Waals surface area (Å²) in [5, 5.41) is 0. The molecular weight excluding hydrogens is 362 g/mol. The van der Waals surface area contributed by atoms with Gasteiger partial charge in [0.1, 0.15) is 10.6 Å². The van der Waals surface area contributed by atoms with Gasteiger partial charge in [-0.3, -0.25) is 4.79 Å². The van der Waals surface area contributed by atoms with Gasteiger partial charge in [-0.15, -0.1) is 0 Å². The van der Waals surface area contributed by atoms with E-state index in [2.05, 4.69) is 25.5 Å². The summed E-state index contributed by atoms with van der Waals surface area (Å²) in [6.07, 6.45) is 1.39. The molecule has 1 amide bonds. The molecule has 0 saturated heterocycles. The summed E-state index contributed by atoms with van der Waals surface area (Å²) in [5.41, 5.74) is 7.54. The van der Waals surface area contributed by atoms with Crippen molar-refractivity contribution < 1.29 is 13.2 Å². The molecule has 1 aromatic heterocycles. The molecule has 7 heteroatoms. The van der Waals surface area contributed by atoms with Gasteiger partial charge in [0.15, 0.2) is 0 Å². The van der Waals surface area contributed by atoms with Gasteiger partial charge in [-0.25, -0.2) is 13.1 Å². The number of nitrogens with one attached hydrogen (secondary N) is 1. The molecule has 1 atom stereocenters. The Morgan fingerprint density at radius 2 is 1.70 bits per heavy atom. The van der Waals surface area contributed by atoms with Gasteiger partial charge in [-0.1, -0.05) is 58.9 Å². The number of primary amides is 1. The van der Waals surface area contributed by atoms with E-state index in [0.717, 1.165) is 5.56 Å². The molecule has 0 aliphatic carbocycles. The minimum atomic E-state index is -3.80. The Labute approximate surface area is 161 Å². The minimum Gasteiger partial charge on any atom is -0.364 e. The van der Waals surface area contributed by atoms with E-state index in [0.29, 0.717) is 0 Å². The Morgan fingerprint density at radius 1 is 1.15 bits per heavy atom. The number of benzene rings is 1. The molecule has 6 nitrogen and oxygen atoms in total. The van der Waals surface area contributed by atoms with E-state index in [1.165, 1.54) is 22.4 Å². The highest BCUT2D eigenvalue weighted by atomic mass is 32.2. The molecule has 0 fully saturated rings. The second kappa shape index (κ2) is 7.48. The molecule has 0 bridgehead atoms. The Bertz CT molecular complexity index is 920. The van der Waals surface area contributed by atoms with Crippen LogP contribution in [0.5, 0.6) is 0 Å². The molecule has 148 valence electrons. The normalized spacial score (nSPS) is 13.7. The van der Waals surface area contributed by atoms with Crippen LogP contribution in [0.25, 0.3) is 0 Å². The number of hydrogen-bond acceptors (Lipinski definition) is 3. The van der Waals surface area contributed by atoms with Crippen LogP contribution in [-0.4, -0.2) is 18.9 Å². The van der Waals surface area contributed by atoms with Gasteiger partial charge in [0.25, 0.3) is 5.91 Å². The van der Waals surface area contributed by atoms with E-state index in [1.54, 1.807) is 7.05 Å². The monoisotopic (exact) mass is 391 g/mol. The maximum atomic E-state index is 12.9. The molecule has 0 aliphatic heterocycles. The number of carbonyl (C=O) groups is 1. The van der Waals surface area contributed by atoms with E-state index in [4.69, 9.17) is 5.73 Å². The maximum absolute atomic E-state index is 12.9. The third-order valence-electron chi connectivity index (χ3n) is 4.63. The molecule has 1 heterocycles. The predicted octanol–water partition coefficient (Wildman–Crippen LogP) is 3.10. The van der Waals surface area contributed by atoms with E-state index in [9.17, 15) is 13.2 Å². The number of amides is 1. The summed E-state index contributed by atoms with van der Waals surface area (Å²) in [5.74, 6) is -0.628. The maximum Gasteiger partial charge on any atom is 0.265 e. The van der Waals surface area contributed by atoms with Crippen LogP contribution in [-0.2, 0) is 22.5 Å². The largest absolute Gasteiger partial charge is 0.364 e. The smallest absolute Gasteiger partial charge is 0.265 e. The predicted molar refractivity (Wildman–Crippen MR) is 107 cm³/mol. The Morgan fingerprint density at radius 3 is 2.11 bits per heavy atom. The van der Waals surface area contributed by atoms with Crippen molar-refractivity contribution in [2.75, 3.05) is 0 Å². The highest BCUT2D eigenvalue weighted by molar-refractivity contribution is 7.89. The topological polar surface area (TPSA) is 94.2 Å². The zero-order valence-corrected chi connectivity index (χ0v) is 17.6. The summed E-state index contributed by atoms with van der Waals surface area (Å²) in [4.78, 5) is 11.4. The number of rotatable bonds is 6. The lowest BCUT2D eigenvalue weighted by Gasteiger charge is -2.24. The van der Waals surface area contributed by atoms with Gasteiger partial charge in [0.05, 0.1) is 0 Å². The second-order valence-corrected chi connectivity index (χ2v) is 9.97. The number of aryl methyl sites for hydroxylation is 1.